The van der Waals surface area contributed by atoms with Crippen molar-refractivity contribution >= 4 is 17.8 Å². The summed E-state index contributed by atoms with van der Waals surface area (Å²) in [7, 11) is 1.29. The summed E-state index contributed by atoms with van der Waals surface area (Å²) in [4.78, 5) is 36.0. The normalized spacial score (nSPS) is 14.1. The van der Waals surface area contributed by atoms with Crippen LogP contribution in [0, 0.1) is 0 Å². The SMILES string of the molecule is COC(=O)/C=C/CCN1C(=O)c2ccccc2C1=O. The Morgan fingerprint density at radius 1 is 1.21 bits per heavy atom. The Balaban J connectivity index is 2.01. The van der Waals surface area contributed by atoms with Crippen molar-refractivity contribution in [2.75, 3.05) is 13.7 Å². The zero-order valence-electron chi connectivity index (χ0n) is 10.5. The van der Waals surface area contributed by atoms with E-state index in [0.29, 0.717) is 17.5 Å². The van der Waals surface area contributed by atoms with Crippen molar-refractivity contribution in [1.29, 1.82) is 0 Å². The van der Waals surface area contributed by atoms with Crippen LogP contribution in [0.1, 0.15) is 27.1 Å². The van der Waals surface area contributed by atoms with E-state index in [0.717, 1.165) is 0 Å². The largest absolute Gasteiger partial charge is 0.466 e. The summed E-state index contributed by atoms with van der Waals surface area (Å²) >= 11 is 0. The molecule has 98 valence electrons. The van der Waals surface area contributed by atoms with E-state index in [2.05, 4.69) is 4.74 Å². The van der Waals surface area contributed by atoms with Gasteiger partial charge >= 0.3 is 5.97 Å². The Morgan fingerprint density at radius 3 is 2.32 bits per heavy atom. The summed E-state index contributed by atoms with van der Waals surface area (Å²) in [6, 6.07) is 6.73. The number of methoxy groups -OCH3 is 1. The molecule has 0 spiro atoms. The zero-order valence-corrected chi connectivity index (χ0v) is 10.5. The Hall–Kier alpha value is -2.43. The number of hydrogen-bond acceptors (Lipinski definition) is 4. The minimum absolute atomic E-state index is 0.250. The smallest absolute Gasteiger partial charge is 0.330 e. The van der Waals surface area contributed by atoms with Gasteiger partial charge in [0.2, 0.25) is 0 Å². The number of amides is 2. The molecule has 1 heterocycles. The van der Waals surface area contributed by atoms with Crippen LogP contribution >= 0.6 is 0 Å². The van der Waals surface area contributed by atoms with Crippen LogP contribution in [-0.2, 0) is 9.53 Å². The van der Waals surface area contributed by atoms with E-state index in [1.165, 1.54) is 18.1 Å². The van der Waals surface area contributed by atoms with Crippen molar-refractivity contribution in [2.24, 2.45) is 0 Å². The molecule has 5 nitrogen and oxygen atoms in total. The van der Waals surface area contributed by atoms with Gasteiger partial charge in [0.05, 0.1) is 18.2 Å². The van der Waals surface area contributed by atoms with Gasteiger partial charge in [-0.25, -0.2) is 4.79 Å². The van der Waals surface area contributed by atoms with Gasteiger partial charge in [0.15, 0.2) is 0 Å². The minimum atomic E-state index is -0.456. The molecule has 0 N–H and O–H groups in total. The first-order chi connectivity index (χ1) is 9.15. The monoisotopic (exact) mass is 259 g/mol. The second kappa shape index (κ2) is 5.48. The van der Waals surface area contributed by atoms with Gasteiger partial charge in [-0.05, 0) is 18.6 Å². The lowest BCUT2D eigenvalue weighted by atomic mass is 10.1. The predicted octanol–water partition coefficient (Wildman–Crippen LogP) is 1.40. The summed E-state index contributed by atoms with van der Waals surface area (Å²) in [5.74, 6) is -1.03. The fraction of sp³-hybridized carbons (Fsp3) is 0.214. The third-order valence-electron chi connectivity index (χ3n) is 2.85. The topological polar surface area (TPSA) is 63.7 Å². The molecule has 0 saturated carbocycles. The molecule has 0 saturated heterocycles. The van der Waals surface area contributed by atoms with Gasteiger partial charge in [-0.2, -0.15) is 0 Å². The van der Waals surface area contributed by atoms with Crippen molar-refractivity contribution in [1.82, 2.24) is 4.90 Å². The second-order valence-corrected chi connectivity index (χ2v) is 4.02. The quantitative estimate of drug-likeness (QED) is 0.466. The molecule has 0 aromatic heterocycles. The number of hydrogen-bond donors (Lipinski definition) is 0. The molecule has 0 unspecified atom stereocenters. The van der Waals surface area contributed by atoms with Gasteiger partial charge in [-0.1, -0.05) is 18.2 Å². The zero-order chi connectivity index (χ0) is 13.8. The minimum Gasteiger partial charge on any atom is -0.466 e. The molecule has 0 bridgehead atoms. The number of benzene rings is 1. The van der Waals surface area contributed by atoms with Crippen LogP contribution in [0.4, 0.5) is 0 Å². The summed E-state index contributed by atoms with van der Waals surface area (Å²) in [5.41, 5.74) is 0.869. The van der Waals surface area contributed by atoms with Gasteiger partial charge in [0.1, 0.15) is 0 Å². The van der Waals surface area contributed by atoms with Crippen molar-refractivity contribution in [3.63, 3.8) is 0 Å². The fourth-order valence-corrected chi connectivity index (χ4v) is 1.89. The third-order valence-corrected chi connectivity index (χ3v) is 2.85. The highest BCUT2D eigenvalue weighted by Crippen LogP contribution is 2.22. The van der Waals surface area contributed by atoms with Crippen molar-refractivity contribution in [2.45, 2.75) is 6.42 Å². The van der Waals surface area contributed by atoms with E-state index in [1.54, 1.807) is 30.3 Å². The number of carbonyl (C=O) groups is 3. The second-order valence-electron chi connectivity index (χ2n) is 4.02. The molecule has 2 amide bonds. The Bertz CT molecular complexity index is 527. The van der Waals surface area contributed by atoms with Crippen LogP contribution in [0.2, 0.25) is 0 Å². The first-order valence-corrected chi connectivity index (χ1v) is 5.85. The molecule has 1 aromatic carbocycles. The average molecular weight is 259 g/mol. The maximum absolute atomic E-state index is 12.0. The van der Waals surface area contributed by atoms with E-state index < -0.39 is 5.97 Å². The number of rotatable bonds is 4. The molecule has 2 rings (SSSR count). The Kier molecular flexibility index (Phi) is 3.75. The summed E-state index contributed by atoms with van der Waals surface area (Å²) < 4.78 is 4.44. The van der Waals surface area contributed by atoms with Crippen LogP contribution in [0.15, 0.2) is 36.4 Å². The maximum Gasteiger partial charge on any atom is 0.330 e. The van der Waals surface area contributed by atoms with E-state index >= 15 is 0 Å². The van der Waals surface area contributed by atoms with Crippen LogP contribution in [0.5, 0.6) is 0 Å². The van der Waals surface area contributed by atoms with E-state index in [9.17, 15) is 14.4 Å². The first-order valence-electron chi connectivity index (χ1n) is 5.85. The van der Waals surface area contributed by atoms with Crippen LogP contribution in [0.3, 0.4) is 0 Å². The molecular formula is C14H13NO4. The third kappa shape index (κ3) is 2.54. The lowest BCUT2D eigenvalue weighted by Gasteiger charge is -2.11. The van der Waals surface area contributed by atoms with Crippen molar-refractivity contribution in [3.8, 4) is 0 Å². The predicted molar refractivity (Wildman–Crippen MR) is 67.6 cm³/mol. The number of nitrogens with zero attached hydrogens (tertiary/aromatic N) is 1. The number of fused-ring (bicyclic) bond motifs is 1. The highest BCUT2D eigenvalue weighted by molar-refractivity contribution is 6.21. The van der Waals surface area contributed by atoms with E-state index in [-0.39, 0.29) is 18.4 Å². The number of ether oxygens (including phenoxy) is 1. The molecule has 1 aromatic rings. The molecule has 19 heavy (non-hydrogen) atoms. The highest BCUT2D eigenvalue weighted by Gasteiger charge is 2.34. The summed E-state index contributed by atoms with van der Waals surface area (Å²) in [6.07, 6.45) is 3.27. The fourth-order valence-electron chi connectivity index (χ4n) is 1.89. The molecule has 0 fully saturated rings. The molecule has 5 heteroatoms. The van der Waals surface area contributed by atoms with Crippen molar-refractivity contribution < 1.29 is 19.1 Å². The lowest BCUT2D eigenvalue weighted by molar-refractivity contribution is -0.134. The molecule has 0 aliphatic carbocycles. The lowest BCUT2D eigenvalue weighted by Crippen LogP contribution is -2.30. The van der Waals surface area contributed by atoms with Crippen LogP contribution in [-0.4, -0.2) is 36.3 Å². The average Bonchev–Trinajstić information content (AvgIpc) is 2.68. The van der Waals surface area contributed by atoms with E-state index in [1.807, 2.05) is 0 Å². The molecule has 1 aliphatic heterocycles. The highest BCUT2D eigenvalue weighted by atomic mass is 16.5. The standard InChI is InChI=1S/C14H13NO4/c1-19-12(16)8-4-5-9-15-13(17)10-6-2-3-7-11(10)14(15)18/h2-4,6-8H,5,9H2,1H3/b8-4+. The van der Waals surface area contributed by atoms with E-state index in [4.69, 9.17) is 0 Å². The first kappa shape index (κ1) is 13.0. The molecule has 0 atom stereocenters. The van der Waals surface area contributed by atoms with Crippen LogP contribution < -0.4 is 0 Å². The molecular weight excluding hydrogens is 246 g/mol. The Morgan fingerprint density at radius 2 is 1.79 bits per heavy atom. The maximum atomic E-state index is 12.0. The van der Waals surface area contributed by atoms with Gasteiger partial charge in [-0.15, -0.1) is 0 Å². The van der Waals surface area contributed by atoms with Gasteiger partial charge in [0.25, 0.3) is 11.8 Å². The molecule has 1 aliphatic rings. The van der Waals surface area contributed by atoms with Gasteiger partial charge < -0.3 is 4.74 Å². The van der Waals surface area contributed by atoms with Gasteiger partial charge in [0, 0.05) is 12.6 Å². The van der Waals surface area contributed by atoms with Gasteiger partial charge in [-0.3, -0.25) is 14.5 Å². The number of imide groups is 1. The summed E-state index contributed by atoms with van der Waals surface area (Å²) in [5, 5.41) is 0. The number of esters is 1. The number of carbonyl (C=O) groups excluding carboxylic acids is 3. The van der Waals surface area contributed by atoms with Crippen molar-refractivity contribution in [3.05, 3.63) is 47.5 Å². The Labute approximate surface area is 110 Å². The van der Waals surface area contributed by atoms with Crippen LogP contribution in [0.25, 0.3) is 0 Å². The summed E-state index contributed by atoms with van der Waals surface area (Å²) in [6.45, 7) is 0.250. The molecule has 0 radical (unpaired) electrons.